The number of carbonyl (C=O) groups excluding carboxylic acids is 1. The minimum Gasteiger partial charge on any atom is -0.395 e. The second-order valence-electron chi connectivity index (χ2n) is 5.36. The Morgan fingerprint density at radius 2 is 2.21 bits per heavy atom. The van der Waals surface area contributed by atoms with Gasteiger partial charge in [-0.25, -0.2) is 0 Å². The highest BCUT2D eigenvalue weighted by atomic mass is 16.3. The van der Waals surface area contributed by atoms with E-state index in [1.165, 1.54) is 11.1 Å². The van der Waals surface area contributed by atoms with Crippen LogP contribution in [0.15, 0.2) is 23.3 Å². The van der Waals surface area contributed by atoms with E-state index >= 15 is 0 Å². The lowest BCUT2D eigenvalue weighted by atomic mass is 10.0. The predicted octanol–water partition coefficient (Wildman–Crippen LogP) is 1.43. The molecule has 19 heavy (non-hydrogen) atoms. The molecule has 0 aromatic heterocycles. The minimum absolute atomic E-state index is 0.0934. The molecule has 1 N–H and O–H groups in total. The van der Waals surface area contributed by atoms with Crippen LogP contribution in [0.5, 0.6) is 0 Å². The summed E-state index contributed by atoms with van der Waals surface area (Å²) in [5.74, 6) is 0.0934. The van der Waals surface area contributed by atoms with Gasteiger partial charge in [0.25, 0.3) is 0 Å². The molecule has 4 heteroatoms. The van der Waals surface area contributed by atoms with E-state index in [1.54, 1.807) is 6.08 Å². The van der Waals surface area contributed by atoms with Gasteiger partial charge in [-0.05, 0) is 33.7 Å². The molecule has 0 spiro atoms. The zero-order valence-electron chi connectivity index (χ0n) is 12.4. The van der Waals surface area contributed by atoms with Gasteiger partial charge in [0.05, 0.1) is 6.61 Å². The average Bonchev–Trinajstić information content (AvgIpc) is 2.39. The van der Waals surface area contributed by atoms with Gasteiger partial charge in [0.15, 0.2) is 0 Å². The number of piperidine rings is 1. The maximum absolute atomic E-state index is 12.1. The summed E-state index contributed by atoms with van der Waals surface area (Å²) in [6.45, 7) is 7.32. The SMILES string of the molecule is CC(C)=C1CCCN(C(=O)/C=C/CN(C)CCO)C1. The Bertz CT molecular complexity index is 357. The number of hydrogen-bond donors (Lipinski definition) is 1. The second kappa shape index (κ2) is 8.12. The Labute approximate surface area is 116 Å². The molecule has 108 valence electrons. The molecule has 0 bridgehead atoms. The van der Waals surface area contributed by atoms with Gasteiger partial charge in [0, 0.05) is 32.3 Å². The Morgan fingerprint density at radius 3 is 2.84 bits per heavy atom. The number of carbonyl (C=O) groups is 1. The fraction of sp³-hybridized carbons (Fsp3) is 0.667. The number of rotatable bonds is 5. The normalized spacial score (nSPS) is 16.5. The molecule has 0 aromatic carbocycles. The van der Waals surface area contributed by atoms with Crippen LogP contribution >= 0.6 is 0 Å². The number of amides is 1. The lowest BCUT2D eigenvalue weighted by Crippen LogP contribution is -2.36. The summed E-state index contributed by atoms with van der Waals surface area (Å²) in [6.07, 6.45) is 5.70. The van der Waals surface area contributed by atoms with Crippen molar-refractivity contribution in [3.63, 3.8) is 0 Å². The van der Waals surface area contributed by atoms with E-state index in [1.807, 2.05) is 22.9 Å². The molecule has 0 aliphatic carbocycles. The zero-order valence-corrected chi connectivity index (χ0v) is 12.4. The largest absolute Gasteiger partial charge is 0.395 e. The van der Waals surface area contributed by atoms with Crippen molar-refractivity contribution in [1.82, 2.24) is 9.80 Å². The van der Waals surface area contributed by atoms with Crippen LogP contribution in [0.3, 0.4) is 0 Å². The number of likely N-dealkylation sites (N-methyl/N-ethyl adjacent to an activating group) is 1. The summed E-state index contributed by atoms with van der Waals surface area (Å²) in [5, 5.41) is 8.78. The number of hydrogen-bond acceptors (Lipinski definition) is 3. The van der Waals surface area contributed by atoms with Crippen molar-refractivity contribution in [3.8, 4) is 0 Å². The van der Waals surface area contributed by atoms with Crippen molar-refractivity contribution in [2.45, 2.75) is 26.7 Å². The van der Waals surface area contributed by atoms with Gasteiger partial charge < -0.3 is 14.9 Å². The number of likely N-dealkylation sites (tertiary alicyclic amines) is 1. The van der Waals surface area contributed by atoms with E-state index in [0.29, 0.717) is 13.1 Å². The Kier molecular flexibility index (Phi) is 6.81. The van der Waals surface area contributed by atoms with Gasteiger partial charge in [0.1, 0.15) is 0 Å². The van der Waals surface area contributed by atoms with Gasteiger partial charge in [0.2, 0.25) is 5.91 Å². The summed E-state index contributed by atoms with van der Waals surface area (Å²) < 4.78 is 0. The third-order valence-corrected chi connectivity index (χ3v) is 3.47. The first-order valence-electron chi connectivity index (χ1n) is 6.94. The van der Waals surface area contributed by atoms with Crippen LogP contribution in [0.1, 0.15) is 26.7 Å². The van der Waals surface area contributed by atoms with Crippen molar-refractivity contribution >= 4 is 5.91 Å². The predicted molar refractivity (Wildman–Crippen MR) is 77.9 cm³/mol. The Morgan fingerprint density at radius 1 is 1.47 bits per heavy atom. The molecule has 1 fully saturated rings. The maximum Gasteiger partial charge on any atom is 0.246 e. The molecule has 1 rings (SSSR count). The molecular formula is C15H26N2O2. The van der Waals surface area contributed by atoms with Crippen LogP contribution in [0, 0.1) is 0 Å². The molecule has 0 atom stereocenters. The standard InChI is InChI=1S/C15H26N2O2/c1-13(2)14-6-4-9-17(12-14)15(19)7-5-8-16(3)10-11-18/h5,7,18H,4,6,8-12H2,1-3H3/b7-5+. The average molecular weight is 266 g/mol. The monoisotopic (exact) mass is 266 g/mol. The van der Waals surface area contributed by atoms with Crippen molar-refractivity contribution < 1.29 is 9.90 Å². The first-order valence-corrected chi connectivity index (χ1v) is 6.94. The second-order valence-corrected chi connectivity index (χ2v) is 5.36. The molecule has 0 unspecified atom stereocenters. The van der Waals surface area contributed by atoms with Gasteiger partial charge >= 0.3 is 0 Å². The van der Waals surface area contributed by atoms with Crippen LogP contribution in [0.25, 0.3) is 0 Å². The van der Waals surface area contributed by atoms with Crippen LogP contribution in [0.2, 0.25) is 0 Å². The maximum atomic E-state index is 12.1. The first kappa shape index (κ1) is 15.9. The van der Waals surface area contributed by atoms with Crippen molar-refractivity contribution in [2.24, 2.45) is 0 Å². The molecule has 1 saturated heterocycles. The first-order chi connectivity index (χ1) is 9.04. The highest BCUT2D eigenvalue weighted by Gasteiger charge is 2.17. The highest BCUT2D eigenvalue weighted by molar-refractivity contribution is 5.87. The third kappa shape index (κ3) is 5.57. The summed E-state index contributed by atoms with van der Waals surface area (Å²) in [5.41, 5.74) is 2.73. The van der Waals surface area contributed by atoms with E-state index in [-0.39, 0.29) is 12.5 Å². The van der Waals surface area contributed by atoms with Gasteiger partial charge in [-0.3, -0.25) is 4.79 Å². The molecule has 0 saturated carbocycles. The van der Waals surface area contributed by atoms with Crippen molar-refractivity contribution in [1.29, 1.82) is 0 Å². The minimum atomic E-state index is 0.0934. The summed E-state index contributed by atoms with van der Waals surface area (Å²) in [6, 6.07) is 0. The molecular weight excluding hydrogens is 240 g/mol. The fourth-order valence-electron chi connectivity index (χ4n) is 2.17. The van der Waals surface area contributed by atoms with E-state index in [9.17, 15) is 4.79 Å². The molecule has 4 nitrogen and oxygen atoms in total. The lowest BCUT2D eigenvalue weighted by molar-refractivity contribution is -0.126. The number of allylic oxidation sites excluding steroid dienone is 1. The Hall–Kier alpha value is -1.13. The number of nitrogens with zero attached hydrogens (tertiary/aromatic N) is 2. The molecule has 1 heterocycles. The third-order valence-electron chi connectivity index (χ3n) is 3.47. The topological polar surface area (TPSA) is 43.8 Å². The van der Waals surface area contributed by atoms with E-state index in [2.05, 4.69) is 13.8 Å². The van der Waals surface area contributed by atoms with Crippen molar-refractivity contribution in [2.75, 3.05) is 39.8 Å². The summed E-state index contributed by atoms with van der Waals surface area (Å²) in [7, 11) is 1.92. The molecule has 0 aromatic rings. The quantitative estimate of drug-likeness (QED) is 0.605. The van der Waals surface area contributed by atoms with E-state index < -0.39 is 0 Å². The van der Waals surface area contributed by atoms with Crippen LogP contribution in [0.4, 0.5) is 0 Å². The molecule has 0 radical (unpaired) electrons. The van der Waals surface area contributed by atoms with Crippen molar-refractivity contribution in [3.05, 3.63) is 23.3 Å². The van der Waals surface area contributed by atoms with Crippen LogP contribution in [-0.2, 0) is 4.79 Å². The smallest absolute Gasteiger partial charge is 0.246 e. The lowest BCUT2D eigenvalue weighted by Gasteiger charge is -2.28. The van der Waals surface area contributed by atoms with Crippen LogP contribution < -0.4 is 0 Å². The van der Waals surface area contributed by atoms with E-state index in [0.717, 1.165) is 25.9 Å². The Balaban J connectivity index is 2.45. The number of aliphatic hydroxyl groups excluding tert-OH is 1. The summed E-state index contributed by atoms with van der Waals surface area (Å²) in [4.78, 5) is 15.9. The fourth-order valence-corrected chi connectivity index (χ4v) is 2.17. The number of aliphatic hydroxyl groups is 1. The zero-order chi connectivity index (χ0) is 14.3. The molecule has 1 amide bonds. The van der Waals surface area contributed by atoms with Crippen LogP contribution in [-0.4, -0.2) is 60.6 Å². The van der Waals surface area contributed by atoms with Gasteiger partial charge in [-0.2, -0.15) is 0 Å². The summed E-state index contributed by atoms with van der Waals surface area (Å²) >= 11 is 0. The molecule has 1 aliphatic heterocycles. The van der Waals surface area contributed by atoms with Gasteiger partial charge in [-0.15, -0.1) is 0 Å². The van der Waals surface area contributed by atoms with Gasteiger partial charge in [-0.1, -0.05) is 17.2 Å². The molecule has 1 aliphatic rings. The van der Waals surface area contributed by atoms with E-state index in [4.69, 9.17) is 5.11 Å². The highest BCUT2D eigenvalue weighted by Crippen LogP contribution is 2.18.